The predicted octanol–water partition coefficient (Wildman–Crippen LogP) is 2.31. The summed E-state index contributed by atoms with van der Waals surface area (Å²) >= 11 is 0. The number of carbonyl (C=O) groups is 1. The number of hydrogen-bond donors (Lipinski definition) is 0. The van der Waals surface area contributed by atoms with E-state index in [2.05, 4.69) is 0 Å². The molecule has 1 radical (unpaired) electrons. The molecule has 0 heterocycles. The Hall–Kier alpha value is -1.57. The molecule has 0 amide bonds. The first-order chi connectivity index (χ1) is 6.27. The van der Waals surface area contributed by atoms with E-state index in [1.54, 1.807) is 25.1 Å². The van der Waals surface area contributed by atoms with Crippen LogP contribution in [0.1, 0.15) is 22.8 Å². The molecule has 0 atom stereocenters. The maximum Gasteiger partial charge on any atom is 0.338 e. The molecular formula is C11H11O2. The lowest BCUT2D eigenvalue weighted by Gasteiger charge is -2.01. The van der Waals surface area contributed by atoms with E-state index in [-0.39, 0.29) is 5.97 Å². The monoisotopic (exact) mass is 175 g/mol. The van der Waals surface area contributed by atoms with Crippen molar-refractivity contribution in [2.24, 2.45) is 0 Å². The third-order valence-electron chi connectivity index (χ3n) is 1.59. The van der Waals surface area contributed by atoms with Crippen molar-refractivity contribution >= 4 is 12.0 Å². The average molecular weight is 175 g/mol. The normalized spacial score (nSPS) is 9.31. The summed E-state index contributed by atoms with van der Waals surface area (Å²) in [5.74, 6) is -0.314. The molecule has 0 aliphatic heterocycles. The van der Waals surface area contributed by atoms with Crippen LogP contribution in [0, 0.1) is 6.58 Å². The Kier molecular flexibility index (Phi) is 3.26. The second-order valence-electron chi connectivity index (χ2n) is 2.51. The quantitative estimate of drug-likeness (QED) is 0.659. The zero-order valence-electron chi connectivity index (χ0n) is 7.49. The first-order valence-corrected chi connectivity index (χ1v) is 4.10. The predicted molar refractivity (Wildman–Crippen MR) is 51.2 cm³/mol. The molecule has 0 aromatic heterocycles. The molecule has 0 fully saturated rings. The molecule has 1 aromatic rings. The highest BCUT2D eigenvalue weighted by atomic mass is 16.5. The number of esters is 1. The fourth-order valence-electron chi connectivity index (χ4n) is 0.984. The maximum absolute atomic E-state index is 11.2. The van der Waals surface area contributed by atoms with Crippen LogP contribution in [-0.4, -0.2) is 12.6 Å². The van der Waals surface area contributed by atoms with Crippen molar-refractivity contribution in [2.45, 2.75) is 6.92 Å². The summed E-state index contributed by atoms with van der Waals surface area (Å²) in [6.45, 7) is 7.47. The van der Waals surface area contributed by atoms with E-state index in [9.17, 15) is 4.79 Å². The molecule has 0 aliphatic rings. The third kappa shape index (κ3) is 2.44. The van der Waals surface area contributed by atoms with Gasteiger partial charge in [0, 0.05) is 0 Å². The van der Waals surface area contributed by atoms with Gasteiger partial charge in [0.1, 0.15) is 0 Å². The smallest absolute Gasteiger partial charge is 0.338 e. The van der Waals surface area contributed by atoms with Crippen LogP contribution in [0.2, 0.25) is 0 Å². The minimum atomic E-state index is -0.314. The van der Waals surface area contributed by atoms with Crippen molar-refractivity contribution in [3.63, 3.8) is 0 Å². The lowest BCUT2D eigenvalue weighted by molar-refractivity contribution is 0.0526. The fraction of sp³-hybridized carbons (Fsp3) is 0.182. The van der Waals surface area contributed by atoms with Crippen LogP contribution in [0.3, 0.4) is 0 Å². The molecule has 13 heavy (non-hydrogen) atoms. The van der Waals surface area contributed by atoms with Crippen LogP contribution in [0.5, 0.6) is 0 Å². The van der Waals surface area contributed by atoms with Gasteiger partial charge in [-0.15, -0.1) is 0 Å². The van der Waals surface area contributed by atoms with Gasteiger partial charge >= 0.3 is 5.97 Å². The van der Waals surface area contributed by atoms with Gasteiger partial charge in [0.05, 0.1) is 12.2 Å². The molecule has 1 aromatic carbocycles. The first kappa shape index (κ1) is 9.52. The zero-order chi connectivity index (χ0) is 9.68. The largest absolute Gasteiger partial charge is 0.462 e. The summed E-state index contributed by atoms with van der Waals surface area (Å²) in [5, 5.41) is 0. The highest BCUT2D eigenvalue weighted by molar-refractivity contribution is 5.90. The Balaban J connectivity index is 2.88. The Bertz CT molecular complexity index is 316. The van der Waals surface area contributed by atoms with Crippen molar-refractivity contribution in [2.75, 3.05) is 6.61 Å². The standard InChI is InChI=1S/C11H11O2/c1-3-9-6-5-7-10(8-9)11(12)13-4-2/h1,3,5-8H,4H2,2H3. The van der Waals surface area contributed by atoms with Crippen molar-refractivity contribution in [3.8, 4) is 0 Å². The zero-order valence-corrected chi connectivity index (χ0v) is 7.49. The highest BCUT2D eigenvalue weighted by Gasteiger charge is 2.04. The van der Waals surface area contributed by atoms with E-state index in [4.69, 9.17) is 11.3 Å². The van der Waals surface area contributed by atoms with E-state index < -0.39 is 0 Å². The Morgan fingerprint density at radius 2 is 2.38 bits per heavy atom. The summed E-state index contributed by atoms with van der Waals surface area (Å²) < 4.78 is 4.83. The summed E-state index contributed by atoms with van der Waals surface area (Å²) in [6.07, 6.45) is 1.45. The van der Waals surface area contributed by atoms with Crippen LogP contribution in [0.15, 0.2) is 24.3 Å². The maximum atomic E-state index is 11.2. The van der Waals surface area contributed by atoms with Gasteiger partial charge in [-0.1, -0.05) is 24.8 Å². The van der Waals surface area contributed by atoms with Crippen molar-refractivity contribution in [1.82, 2.24) is 0 Å². The topological polar surface area (TPSA) is 26.3 Å². The number of benzene rings is 1. The average Bonchev–Trinajstić information content (AvgIpc) is 2.18. The number of carbonyl (C=O) groups excluding carboxylic acids is 1. The number of rotatable bonds is 3. The molecular weight excluding hydrogens is 164 g/mol. The number of ether oxygens (including phenoxy) is 1. The van der Waals surface area contributed by atoms with E-state index in [1.807, 2.05) is 6.07 Å². The van der Waals surface area contributed by atoms with Gasteiger partial charge < -0.3 is 4.74 Å². The van der Waals surface area contributed by atoms with Gasteiger partial charge in [-0.05, 0) is 24.6 Å². The molecule has 0 saturated carbocycles. The van der Waals surface area contributed by atoms with Crippen LogP contribution in [-0.2, 0) is 4.74 Å². The molecule has 0 spiro atoms. The van der Waals surface area contributed by atoms with Crippen molar-refractivity contribution in [3.05, 3.63) is 42.0 Å². The molecule has 0 bridgehead atoms. The summed E-state index contributed by atoms with van der Waals surface area (Å²) in [7, 11) is 0. The lowest BCUT2D eigenvalue weighted by Crippen LogP contribution is -2.04. The lowest BCUT2D eigenvalue weighted by atomic mass is 10.1. The van der Waals surface area contributed by atoms with Gasteiger partial charge in [0.2, 0.25) is 0 Å². The van der Waals surface area contributed by atoms with Gasteiger partial charge in [-0.2, -0.15) is 0 Å². The van der Waals surface area contributed by atoms with Crippen LogP contribution in [0.25, 0.3) is 6.08 Å². The molecule has 2 nitrogen and oxygen atoms in total. The molecule has 0 saturated heterocycles. The second-order valence-corrected chi connectivity index (χ2v) is 2.51. The second kappa shape index (κ2) is 4.45. The first-order valence-electron chi connectivity index (χ1n) is 4.10. The Morgan fingerprint density at radius 3 is 3.00 bits per heavy atom. The summed E-state index contributed by atoms with van der Waals surface area (Å²) in [5.41, 5.74) is 1.34. The molecule has 0 unspecified atom stereocenters. The minimum Gasteiger partial charge on any atom is -0.462 e. The molecule has 2 heteroatoms. The van der Waals surface area contributed by atoms with Gasteiger partial charge in [-0.3, -0.25) is 0 Å². The van der Waals surface area contributed by atoms with Crippen LogP contribution < -0.4 is 0 Å². The Labute approximate surface area is 77.8 Å². The highest BCUT2D eigenvalue weighted by Crippen LogP contribution is 2.07. The van der Waals surface area contributed by atoms with E-state index >= 15 is 0 Å². The fourth-order valence-corrected chi connectivity index (χ4v) is 0.984. The van der Waals surface area contributed by atoms with Crippen LogP contribution in [0.4, 0.5) is 0 Å². The van der Waals surface area contributed by atoms with E-state index in [0.29, 0.717) is 12.2 Å². The third-order valence-corrected chi connectivity index (χ3v) is 1.59. The molecule has 67 valence electrons. The van der Waals surface area contributed by atoms with E-state index in [1.165, 1.54) is 6.08 Å². The SMILES string of the molecule is [CH]=Cc1cccc(C(=O)OCC)c1. The van der Waals surface area contributed by atoms with Crippen molar-refractivity contribution < 1.29 is 9.53 Å². The van der Waals surface area contributed by atoms with Crippen molar-refractivity contribution in [1.29, 1.82) is 0 Å². The van der Waals surface area contributed by atoms with Gasteiger partial charge in [0.15, 0.2) is 0 Å². The van der Waals surface area contributed by atoms with Gasteiger partial charge in [-0.25, -0.2) is 4.79 Å². The Morgan fingerprint density at radius 1 is 1.62 bits per heavy atom. The summed E-state index contributed by atoms with van der Waals surface area (Å²) in [6, 6.07) is 6.98. The molecule has 0 aliphatic carbocycles. The minimum absolute atomic E-state index is 0.314. The van der Waals surface area contributed by atoms with E-state index in [0.717, 1.165) is 5.56 Å². The number of hydrogen-bond acceptors (Lipinski definition) is 2. The van der Waals surface area contributed by atoms with Crippen LogP contribution >= 0.6 is 0 Å². The summed E-state index contributed by atoms with van der Waals surface area (Å²) in [4.78, 5) is 11.2. The van der Waals surface area contributed by atoms with Gasteiger partial charge in [0.25, 0.3) is 0 Å². The molecule has 0 N–H and O–H groups in total. The molecule has 1 rings (SSSR count).